The van der Waals surface area contributed by atoms with Crippen molar-refractivity contribution in [1.82, 2.24) is 45.2 Å². The minimum Gasteiger partial charge on any atom is -0.387 e. The van der Waals surface area contributed by atoms with Crippen LogP contribution in [-0.2, 0) is 20.8 Å². The predicted molar refractivity (Wildman–Crippen MR) is 264 cm³/mol. The Balaban J connectivity index is 0.738. The number of piperazine rings is 2. The Hall–Kier alpha value is -5.52. The largest absolute Gasteiger partial charge is 0.387 e. The number of benzene rings is 2. The van der Waals surface area contributed by atoms with Crippen LogP contribution in [0.3, 0.4) is 0 Å². The van der Waals surface area contributed by atoms with E-state index in [1.807, 2.05) is 52.3 Å². The molecule has 3 fully saturated rings. The smallest absolute Gasteiger partial charge is 0.274 e. The second-order valence-electron chi connectivity index (χ2n) is 18.8. The van der Waals surface area contributed by atoms with Crippen molar-refractivity contribution in [2.24, 2.45) is 5.92 Å². The lowest BCUT2D eigenvalue weighted by Crippen LogP contribution is -2.51. The lowest BCUT2D eigenvalue weighted by Gasteiger charge is -2.38. The lowest BCUT2D eigenvalue weighted by atomic mass is 9.96. The molecule has 0 bridgehead atoms. The number of amides is 4. The Bertz CT molecular complexity index is 2400. The SMILES string of the molecule is CCc1cccc(-c2cnc(C(=O)N3CCN(CC4CCN(CC(=O)NCCNC[C@@H](C(=O)N5CCN(c6ncnc7c6[C@H](C)C[C@H]7O)CC5)c5ccc(Cl)cc5)CC4)CC3)c(NC(C)=O)c2)c1. The zero-order valence-corrected chi connectivity index (χ0v) is 40.4. The van der Waals surface area contributed by atoms with Gasteiger partial charge < -0.3 is 35.8 Å². The number of hydrogen-bond donors (Lipinski definition) is 4. The monoisotopic (exact) mass is 947 g/mol. The summed E-state index contributed by atoms with van der Waals surface area (Å²) < 4.78 is 0. The van der Waals surface area contributed by atoms with Gasteiger partial charge in [0.15, 0.2) is 5.69 Å². The van der Waals surface area contributed by atoms with Crippen molar-refractivity contribution in [3.63, 3.8) is 0 Å². The third-order valence-corrected chi connectivity index (χ3v) is 14.3. The number of pyridine rings is 1. The van der Waals surface area contributed by atoms with Gasteiger partial charge in [0.05, 0.1) is 29.9 Å². The van der Waals surface area contributed by atoms with E-state index in [4.69, 9.17) is 11.6 Å². The molecular weight excluding hydrogens is 882 g/mol. The van der Waals surface area contributed by atoms with Gasteiger partial charge in [-0.1, -0.05) is 61.8 Å². The average Bonchev–Trinajstić information content (AvgIpc) is 3.65. The number of carbonyl (C=O) groups is 4. The molecular formula is C51H66ClN11O5. The molecule has 8 rings (SSSR count). The summed E-state index contributed by atoms with van der Waals surface area (Å²) in [4.78, 5) is 77.2. The molecule has 4 amide bonds. The van der Waals surface area contributed by atoms with E-state index in [-0.39, 0.29) is 35.2 Å². The number of aromatic nitrogens is 3. The zero-order chi connectivity index (χ0) is 47.7. The lowest BCUT2D eigenvalue weighted by molar-refractivity contribution is -0.133. The van der Waals surface area contributed by atoms with E-state index in [0.717, 1.165) is 80.1 Å². The summed E-state index contributed by atoms with van der Waals surface area (Å²) in [6.07, 6.45) is 6.24. The summed E-state index contributed by atoms with van der Waals surface area (Å²) in [5.41, 5.74) is 6.34. The van der Waals surface area contributed by atoms with Crippen LogP contribution in [0.15, 0.2) is 67.1 Å². The number of aliphatic hydroxyl groups excluding tert-OH is 1. The van der Waals surface area contributed by atoms with Crippen LogP contribution in [0.2, 0.25) is 5.02 Å². The Kier molecular flexibility index (Phi) is 16.3. The van der Waals surface area contributed by atoms with Gasteiger partial charge in [-0.15, -0.1) is 0 Å². The zero-order valence-electron chi connectivity index (χ0n) is 39.6. The Morgan fingerprint density at radius 3 is 2.29 bits per heavy atom. The molecule has 16 nitrogen and oxygen atoms in total. The Morgan fingerprint density at radius 1 is 0.838 bits per heavy atom. The Morgan fingerprint density at radius 2 is 1.57 bits per heavy atom. The van der Waals surface area contributed by atoms with Crippen molar-refractivity contribution in [1.29, 1.82) is 0 Å². The van der Waals surface area contributed by atoms with Crippen molar-refractivity contribution in [2.75, 3.05) is 108 Å². The number of aliphatic hydroxyl groups is 1. The molecule has 0 unspecified atom stereocenters. The number of halogens is 1. The highest BCUT2D eigenvalue weighted by Crippen LogP contribution is 2.43. The first kappa shape index (κ1) is 48.9. The topological polar surface area (TPSA) is 179 Å². The summed E-state index contributed by atoms with van der Waals surface area (Å²) in [6, 6.07) is 17.5. The van der Waals surface area contributed by atoms with Crippen LogP contribution in [0.4, 0.5) is 11.5 Å². The fraction of sp³-hybridized carbons (Fsp3) is 0.510. The second kappa shape index (κ2) is 22.7. The molecule has 3 atom stereocenters. The summed E-state index contributed by atoms with van der Waals surface area (Å²) in [7, 11) is 0. The maximum absolute atomic E-state index is 14.1. The van der Waals surface area contributed by atoms with E-state index in [2.05, 4.69) is 71.6 Å². The van der Waals surface area contributed by atoms with E-state index in [9.17, 15) is 24.3 Å². The third kappa shape index (κ3) is 12.0. The highest BCUT2D eigenvalue weighted by Gasteiger charge is 2.35. The number of nitrogens with zero attached hydrogens (tertiary/aromatic N) is 8. The van der Waals surface area contributed by atoms with E-state index in [0.29, 0.717) is 94.2 Å². The third-order valence-electron chi connectivity index (χ3n) is 14.0. The number of fused-ring (bicyclic) bond motifs is 1. The number of hydrogen-bond acceptors (Lipinski definition) is 12. The molecule has 362 valence electrons. The molecule has 4 aromatic rings. The van der Waals surface area contributed by atoms with Crippen LogP contribution in [0.25, 0.3) is 11.1 Å². The molecule has 17 heteroatoms. The molecule has 2 aromatic carbocycles. The van der Waals surface area contributed by atoms with Crippen molar-refractivity contribution < 1.29 is 24.3 Å². The van der Waals surface area contributed by atoms with E-state index < -0.39 is 12.0 Å². The maximum atomic E-state index is 14.1. The number of piperidine rings is 1. The van der Waals surface area contributed by atoms with Gasteiger partial charge >= 0.3 is 0 Å². The molecule has 5 heterocycles. The van der Waals surface area contributed by atoms with Crippen LogP contribution in [-0.4, -0.2) is 161 Å². The Labute approximate surface area is 404 Å². The van der Waals surface area contributed by atoms with Crippen molar-refractivity contribution >= 4 is 46.7 Å². The van der Waals surface area contributed by atoms with E-state index in [1.165, 1.54) is 18.8 Å². The highest BCUT2D eigenvalue weighted by atomic mass is 35.5. The van der Waals surface area contributed by atoms with Gasteiger partial charge in [-0.3, -0.25) is 29.0 Å². The highest BCUT2D eigenvalue weighted by molar-refractivity contribution is 6.30. The molecule has 4 aliphatic rings. The van der Waals surface area contributed by atoms with Crippen LogP contribution in [0, 0.1) is 5.92 Å². The van der Waals surface area contributed by atoms with Gasteiger partial charge in [-0.25, -0.2) is 15.0 Å². The molecule has 2 aromatic heterocycles. The number of rotatable bonds is 16. The molecule has 0 saturated carbocycles. The molecule has 4 N–H and O–H groups in total. The molecule has 1 aliphatic carbocycles. The molecule has 0 spiro atoms. The van der Waals surface area contributed by atoms with Crippen LogP contribution < -0.4 is 20.9 Å². The first-order chi connectivity index (χ1) is 32.9. The second-order valence-corrected chi connectivity index (χ2v) is 19.2. The van der Waals surface area contributed by atoms with E-state index >= 15 is 0 Å². The first-order valence-corrected chi connectivity index (χ1v) is 24.7. The van der Waals surface area contributed by atoms with Crippen molar-refractivity contribution in [2.45, 2.75) is 64.4 Å². The van der Waals surface area contributed by atoms with Crippen molar-refractivity contribution in [3.05, 3.63) is 100 Å². The molecule has 3 saturated heterocycles. The van der Waals surface area contributed by atoms with Gasteiger partial charge in [0.1, 0.15) is 12.1 Å². The van der Waals surface area contributed by atoms with Crippen LogP contribution in [0.1, 0.15) is 90.8 Å². The minimum absolute atomic E-state index is 0.0102. The predicted octanol–water partition coefficient (Wildman–Crippen LogP) is 4.56. The first-order valence-electron chi connectivity index (χ1n) is 24.3. The normalized spacial score (nSPS) is 19.7. The fourth-order valence-corrected chi connectivity index (χ4v) is 10.3. The van der Waals surface area contributed by atoms with Gasteiger partial charge in [0.2, 0.25) is 17.7 Å². The average molecular weight is 949 g/mol. The van der Waals surface area contributed by atoms with Gasteiger partial charge in [0, 0.05) is 108 Å². The maximum Gasteiger partial charge on any atom is 0.274 e. The summed E-state index contributed by atoms with van der Waals surface area (Å²) in [6.45, 7) is 15.1. The van der Waals surface area contributed by atoms with E-state index in [1.54, 1.807) is 6.20 Å². The quantitative estimate of drug-likeness (QED) is 0.115. The van der Waals surface area contributed by atoms with Gasteiger partial charge in [0.25, 0.3) is 5.91 Å². The number of aryl methyl sites for hydroxylation is 1. The van der Waals surface area contributed by atoms with Crippen LogP contribution in [0.5, 0.6) is 0 Å². The van der Waals surface area contributed by atoms with Crippen LogP contribution >= 0.6 is 11.6 Å². The number of anilines is 2. The summed E-state index contributed by atoms with van der Waals surface area (Å²) in [5, 5.41) is 20.4. The molecule has 68 heavy (non-hydrogen) atoms. The summed E-state index contributed by atoms with van der Waals surface area (Å²) >= 11 is 6.23. The number of nitrogens with one attached hydrogen (secondary N) is 3. The fourth-order valence-electron chi connectivity index (χ4n) is 10.2. The van der Waals surface area contributed by atoms with Gasteiger partial charge in [-0.2, -0.15) is 0 Å². The number of likely N-dealkylation sites (tertiary alicyclic amines) is 1. The number of carbonyl (C=O) groups excluding carboxylic acids is 4. The standard InChI is InChI=1S/C51H66ClN11O5/c1-4-36-6-5-7-39(27-36)40-28-43(58-35(3)64)47(55-29-40)51(68)63-20-18-60(19-21-63)31-37-12-16-59(17-13-37)32-45(66)54-15-14-53-30-42(38-8-10-41(52)11-9-38)50(67)62-24-22-61(23-25-62)49-46-34(2)26-44(65)48(46)56-33-57-49/h5-11,27-29,33-34,37,42,44,53,65H,4,12-26,30-32H2,1-3H3,(H,54,66)(H,58,64)/t34-,42-,44-/m1/s1. The molecule has 3 aliphatic heterocycles. The molecule has 0 radical (unpaired) electrons. The van der Waals surface area contributed by atoms with Gasteiger partial charge in [-0.05, 0) is 85.5 Å². The summed E-state index contributed by atoms with van der Waals surface area (Å²) in [5.74, 6) is 0.739. The minimum atomic E-state index is -0.569. The van der Waals surface area contributed by atoms with Crippen molar-refractivity contribution in [3.8, 4) is 11.1 Å².